The molecule has 2 aromatic rings. The number of hydrogen-bond donors (Lipinski definition) is 2. The van der Waals surface area contributed by atoms with Crippen molar-refractivity contribution in [1.29, 1.82) is 0 Å². The van der Waals surface area contributed by atoms with E-state index in [1.807, 2.05) is 64.1 Å². The summed E-state index contributed by atoms with van der Waals surface area (Å²) >= 11 is 7.49. The van der Waals surface area contributed by atoms with Crippen LogP contribution < -0.4 is 10.6 Å². The van der Waals surface area contributed by atoms with Gasteiger partial charge in [-0.05, 0) is 48.2 Å². The quantitative estimate of drug-likeness (QED) is 0.602. The van der Waals surface area contributed by atoms with Crippen molar-refractivity contribution in [3.63, 3.8) is 0 Å². The van der Waals surface area contributed by atoms with Crippen molar-refractivity contribution < 1.29 is 9.59 Å². The lowest BCUT2D eigenvalue weighted by molar-refractivity contribution is -0.118. The van der Waals surface area contributed by atoms with E-state index in [0.717, 1.165) is 16.1 Å². The van der Waals surface area contributed by atoms with Gasteiger partial charge in [-0.25, -0.2) is 0 Å². The summed E-state index contributed by atoms with van der Waals surface area (Å²) in [7, 11) is 0. The molecule has 6 heteroatoms. The number of carbonyl (C=O) groups is 2. The SMILES string of the molecule is Cc1ccc(NC(=O)CSc2cccc(NC(=O)CC(C)(C)C)c2)cc1Cl. The Labute approximate surface area is 170 Å². The van der Waals surface area contributed by atoms with Crippen molar-refractivity contribution in [2.45, 2.75) is 39.0 Å². The topological polar surface area (TPSA) is 58.2 Å². The normalized spacial score (nSPS) is 11.1. The fraction of sp³-hybridized carbons (Fsp3) is 0.333. The van der Waals surface area contributed by atoms with Gasteiger partial charge in [0.25, 0.3) is 0 Å². The second-order valence-electron chi connectivity index (χ2n) is 7.61. The highest BCUT2D eigenvalue weighted by Gasteiger charge is 2.16. The van der Waals surface area contributed by atoms with Gasteiger partial charge in [0.15, 0.2) is 0 Å². The Kier molecular flexibility index (Phi) is 7.33. The van der Waals surface area contributed by atoms with Gasteiger partial charge >= 0.3 is 0 Å². The molecular weight excluding hydrogens is 380 g/mol. The fourth-order valence-electron chi connectivity index (χ4n) is 2.37. The van der Waals surface area contributed by atoms with Crippen molar-refractivity contribution in [2.24, 2.45) is 5.41 Å². The monoisotopic (exact) mass is 404 g/mol. The number of aryl methyl sites for hydroxylation is 1. The number of thioether (sulfide) groups is 1. The second-order valence-corrected chi connectivity index (χ2v) is 9.07. The lowest BCUT2D eigenvalue weighted by Gasteiger charge is -2.17. The van der Waals surface area contributed by atoms with Crippen LogP contribution >= 0.6 is 23.4 Å². The molecule has 0 atom stereocenters. The Morgan fingerprint density at radius 3 is 2.33 bits per heavy atom. The molecule has 4 nitrogen and oxygen atoms in total. The molecule has 0 aliphatic rings. The van der Waals surface area contributed by atoms with Gasteiger partial charge in [-0.3, -0.25) is 9.59 Å². The summed E-state index contributed by atoms with van der Waals surface area (Å²) in [5.74, 6) is 0.144. The Morgan fingerprint density at radius 1 is 1.00 bits per heavy atom. The van der Waals surface area contributed by atoms with Crippen LogP contribution in [0.4, 0.5) is 11.4 Å². The van der Waals surface area contributed by atoms with Crippen LogP contribution in [0.5, 0.6) is 0 Å². The Morgan fingerprint density at radius 2 is 1.67 bits per heavy atom. The number of anilines is 2. The molecule has 27 heavy (non-hydrogen) atoms. The van der Waals surface area contributed by atoms with Crippen LogP contribution in [0.15, 0.2) is 47.4 Å². The summed E-state index contributed by atoms with van der Waals surface area (Å²) in [6, 6.07) is 12.9. The number of amides is 2. The molecule has 0 aliphatic carbocycles. The number of hydrogen-bond acceptors (Lipinski definition) is 3. The number of benzene rings is 2. The summed E-state index contributed by atoms with van der Waals surface area (Å²) < 4.78 is 0. The summed E-state index contributed by atoms with van der Waals surface area (Å²) in [6.07, 6.45) is 0.450. The zero-order valence-electron chi connectivity index (χ0n) is 16.1. The molecule has 0 spiro atoms. The highest BCUT2D eigenvalue weighted by molar-refractivity contribution is 8.00. The van der Waals surface area contributed by atoms with Gasteiger partial charge in [0.2, 0.25) is 11.8 Å². The molecule has 144 valence electrons. The zero-order chi connectivity index (χ0) is 20.0. The van der Waals surface area contributed by atoms with E-state index in [0.29, 0.717) is 17.1 Å². The average Bonchev–Trinajstić information content (AvgIpc) is 2.55. The minimum Gasteiger partial charge on any atom is -0.326 e. The first-order valence-electron chi connectivity index (χ1n) is 8.71. The molecule has 0 fully saturated rings. The molecule has 2 N–H and O–H groups in total. The number of halogens is 1. The predicted octanol–water partition coefficient (Wildman–Crippen LogP) is 5.75. The molecule has 0 unspecified atom stereocenters. The summed E-state index contributed by atoms with van der Waals surface area (Å²) in [5, 5.41) is 6.37. The zero-order valence-corrected chi connectivity index (χ0v) is 17.6. The average molecular weight is 405 g/mol. The number of nitrogens with one attached hydrogen (secondary N) is 2. The molecule has 0 saturated carbocycles. The second kappa shape index (κ2) is 9.29. The smallest absolute Gasteiger partial charge is 0.234 e. The van der Waals surface area contributed by atoms with Gasteiger partial charge in [-0.2, -0.15) is 0 Å². The summed E-state index contributed by atoms with van der Waals surface area (Å²) in [6.45, 7) is 7.99. The Balaban J connectivity index is 1.89. The van der Waals surface area contributed by atoms with Gasteiger partial charge in [0.1, 0.15) is 0 Å². The largest absolute Gasteiger partial charge is 0.326 e. The first-order valence-corrected chi connectivity index (χ1v) is 10.1. The molecule has 0 bridgehead atoms. The molecular formula is C21H25ClN2O2S. The molecule has 2 rings (SSSR count). The maximum atomic E-state index is 12.2. The van der Waals surface area contributed by atoms with Crippen LogP contribution in [0.2, 0.25) is 5.02 Å². The van der Waals surface area contributed by atoms with Crippen LogP contribution in [0.25, 0.3) is 0 Å². The van der Waals surface area contributed by atoms with Crippen molar-refractivity contribution >= 4 is 46.6 Å². The van der Waals surface area contributed by atoms with E-state index in [-0.39, 0.29) is 23.0 Å². The molecule has 0 heterocycles. The third-order valence-electron chi connectivity index (χ3n) is 3.63. The van der Waals surface area contributed by atoms with Crippen molar-refractivity contribution in [3.05, 3.63) is 53.1 Å². The van der Waals surface area contributed by atoms with E-state index >= 15 is 0 Å². The van der Waals surface area contributed by atoms with Crippen molar-refractivity contribution in [3.8, 4) is 0 Å². The lowest BCUT2D eigenvalue weighted by atomic mass is 9.92. The molecule has 0 saturated heterocycles. The molecule has 0 aliphatic heterocycles. The minimum absolute atomic E-state index is 0.0151. The van der Waals surface area contributed by atoms with Crippen LogP contribution in [-0.4, -0.2) is 17.6 Å². The summed E-state index contributed by atoms with van der Waals surface area (Å²) in [5.41, 5.74) is 2.32. The van der Waals surface area contributed by atoms with Gasteiger partial charge in [0.05, 0.1) is 5.75 Å². The molecule has 2 aromatic carbocycles. The van der Waals surface area contributed by atoms with Gasteiger partial charge in [0, 0.05) is 27.7 Å². The summed E-state index contributed by atoms with van der Waals surface area (Å²) in [4.78, 5) is 25.1. The minimum atomic E-state index is -0.109. The van der Waals surface area contributed by atoms with Crippen molar-refractivity contribution in [1.82, 2.24) is 0 Å². The van der Waals surface area contributed by atoms with E-state index in [1.165, 1.54) is 11.8 Å². The van der Waals surface area contributed by atoms with Gasteiger partial charge < -0.3 is 10.6 Å². The van der Waals surface area contributed by atoms with Crippen LogP contribution in [0, 0.1) is 12.3 Å². The van der Waals surface area contributed by atoms with E-state index < -0.39 is 0 Å². The maximum absolute atomic E-state index is 12.2. The molecule has 0 aromatic heterocycles. The number of rotatable bonds is 6. The molecule has 2 amide bonds. The molecule has 0 radical (unpaired) electrons. The Hall–Kier alpha value is -1.98. The van der Waals surface area contributed by atoms with Crippen LogP contribution in [0.3, 0.4) is 0 Å². The fourth-order valence-corrected chi connectivity index (χ4v) is 3.30. The number of carbonyl (C=O) groups excluding carboxylic acids is 2. The van der Waals surface area contributed by atoms with Gasteiger partial charge in [-0.1, -0.05) is 44.5 Å². The standard InChI is InChI=1S/C21H25ClN2O2S/c1-14-8-9-16(11-18(14)22)24-20(26)13-27-17-7-5-6-15(10-17)23-19(25)12-21(2,3)4/h5-11H,12-13H2,1-4H3,(H,23,25)(H,24,26). The maximum Gasteiger partial charge on any atom is 0.234 e. The first kappa shape index (κ1) is 21.3. The lowest BCUT2D eigenvalue weighted by Crippen LogP contribution is -2.19. The highest BCUT2D eigenvalue weighted by Crippen LogP contribution is 2.24. The van der Waals surface area contributed by atoms with E-state index in [2.05, 4.69) is 10.6 Å². The Bertz CT molecular complexity index is 831. The predicted molar refractivity (Wildman–Crippen MR) is 115 cm³/mol. The van der Waals surface area contributed by atoms with E-state index in [4.69, 9.17) is 11.6 Å². The van der Waals surface area contributed by atoms with Crippen LogP contribution in [-0.2, 0) is 9.59 Å². The van der Waals surface area contributed by atoms with Gasteiger partial charge in [-0.15, -0.1) is 11.8 Å². The van der Waals surface area contributed by atoms with E-state index in [9.17, 15) is 9.59 Å². The van der Waals surface area contributed by atoms with Crippen LogP contribution in [0.1, 0.15) is 32.8 Å². The third kappa shape index (κ3) is 7.65. The highest BCUT2D eigenvalue weighted by atomic mass is 35.5. The van der Waals surface area contributed by atoms with Crippen molar-refractivity contribution in [2.75, 3.05) is 16.4 Å². The first-order chi connectivity index (χ1) is 12.6. The van der Waals surface area contributed by atoms with E-state index in [1.54, 1.807) is 6.07 Å². The third-order valence-corrected chi connectivity index (χ3v) is 5.04.